The highest BCUT2D eigenvalue weighted by molar-refractivity contribution is 6.35. The van der Waals surface area contributed by atoms with E-state index in [1.165, 1.54) is 12.1 Å². The van der Waals surface area contributed by atoms with E-state index < -0.39 is 35.4 Å². The number of hydrogen-bond donors (Lipinski definition) is 1. The number of hydrogen-bond acceptors (Lipinski definition) is 7. The van der Waals surface area contributed by atoms with Crippen LogP contribution in [0.5, 0.6) is 5.75 Å². The highest BCUT2D eigenvalue weighted by atomic mass is 35.5. The summed E-state index contributed by atoms with van der Waals surface area (Å²) in [7, 11) is 0. The van der Waals surface area contributed by atoms with E-state index in [-0.39, 0.29) is 28.8 Å². The second-order valence-corrected chi connectivity index (χ2v) is 5.91. The first kappa shape index (κ1) is 21.6. The Bertz CT molecular complexity index is 734. The first-order valence-electron chi connectivity index (χ1n) is 7.62. The zero-order valence-corrected chi connectivity index (χ0v) is 15.5. The third-order valence-corrected chi connectivity index (χ3v) is 4.00. The topological polar surface area (TPSA) is 120 Å². The molecule has 0 aliphatic carbocycles. The molecule has 0 radical (unpaired) electrons. The fourth-order valence-electron chi connectivity index (χ4n) is 2.41. The molecule has 0 aliphatic rings. The van der Waals surface area contributed by atoms with Crippen molar-refractivity contribution in [2.24, 2.45) is 11.8 Å². The molecule has 0 saturated heterocycles. The van der Waals surface area contributed by atoms with E-state index >= 15 is 0 Å². The number of nitrogens with zero attached hydrogens (tertiary/aromatic N) is 2. The summed E-state index contributed by atoms with van der Waals surface area (Å²) < 4.78 is 9.72. The summed E-state index contributed by atoms with van der Waals surface area (Å²) >= 11 is 11.9. The predicted octanol–water partition coefficient (Wildman–Crippen LogP) is 3.19. The second kappa shape index (κ2) is 9.86. The Morgan fingerprint density at radius 1 is 1.08 bits per heavy atom. The summed E-state index contributed by atoms with van der Waals surface area (Å²) in [5.41, 5.74) is -0.0956. The summed E-state index contributed by atoms with van der Waals surface area (Å²) in [4.78, 5) is 24.4. The zero-order valence-electron chi connectivity index (χ0n) is 14.0. The molecule has 9 heteroatoms. The smallest absolute Gasteiger partial charge is 0.324 e. The van der Waals surface area contributed by atoms with Crippen LogP contribution in [0.2, 0.25) is 10.0 Å². The van der Waals surface area contributed by atoms with Crippen molar-refractivity contribution in [3.05, 3.63) is 27.7 Å². The van der Waals surface area contributed by atoms with Gasteiger partial charge < -0.3 is 14.6 Å². The zero-order chi connectivity index (χ0) is 19.9. The molecule has 0 amide bonds. The van der Waals surface area contributed by atoms with Gasteiger partial charge in [-0.2, -0.15) is 10.5 Å². The Balaban J connectivity index is 3.62. The lowest BCUT2D eigenvalue weighted by Crippen LogP contribution is -2.33. The van der Waals surface area contributed by atoms with Crippen molar-refractivity contribution in [3.63, 3.8) is 0 Å². The summed E-state index contributed by atoms with van der Waals surface area (Å²) in [6.45, 7) is 3.07. The fraction of sp³-hybridized carbons (Fsp3) is 0.412. The van der Waals surface area contributed by atoms with Crippen LogP contribution in [0.1, 0.15) is 25.3 Å². The third kappa shape index (κ3) is 4.78. The molecule has 0 unspecified atom stereocenters. The van der Waals surface area contributed by atoms with Crippen LogP contribution in [0.4, 0.5) is 0 Å². The van der Waals surface area contributed by atoms with Crippen molar-refractivity contribution < 1.29 is 24.2 Å². The summed E-state index contributed by atoms with van der Waals surface area (Å²) in [5, 5.41) is 29.2. The van der Waals surface area contributed by atoms with Crippen LogP contribution in [-0.4, -0.2) is 30.3 Å². The van der Waals surface area contributed by atoms with Gasteiger partial charge in [-0.25, -0.2) is 0 Å². The number of rotatable bonds is 7. The van der Waals surface area contributed by atoms with Gasteiger partial charge in [0.05, 0.1) is 30.4 Å². The fourth-order valence-corrected chi connectivity index (χ4v) is 2.92. The monoisotopic (exact) mass is 398 g/mol. The quantitative estimate of drug-likeness (QED) is 0.699. The van der Waals surface area contributed by atoms with Crippen LogP contribution >= 0.6 is 23.2 Å². The van der Waals surface area contributed by atoms with Crippen molar-refractivity contribution in [1.82, 2.24) is 0 Å². The second-order valence-electron chi connectivity index (χ2n) is 5.07. The number of phenols is 1. The lowest BCUT2D eigenvalue weighted by Gasteiger charge is -2.25. The molecule has 1 rings (SSSR count). The number of phenolic OH excluding ortho intramolecular Hbond substituents is 1. The number of carbonyl (C=O) groups excluding carboxylic acids is 2. The molecule has 0 heterocycles. The maximum atomic E-state index is 12.2. The Morgan fingerprint density at radius 3 is 1.92 bits per heavy atom. The minimum Gasteiger partial charge on any atom is -0.506 e. The van der Waals surface area contributed by atoms with Crippen molar-refractivity contribution in [2.75, 3.05) is 13.2 Å². The maximum absolute atomic E-state index is 12.2. The van der Waals surface area contributed by atoms with Crippen molar-refractivity contribution in [1.29, 1.82) is 10.5 Å². The number of benzene rings is 1. The molecule has 1 aromatic carbocycles. The van der Waals surface area contributed by atoms with Gasteiger partial charge in [0.1, 0.15) is 5.75 Å². The van der Waals surface area contributed by atoms with E-state index in [1.54, 1.807) is 26.0 Å². The molecule has 0 spiro atoms. The largest absolute Gasteiger partial charge is 0.506 e. The van der Waals surface area contributed by atoms with Crippen LogP contribution in [0.3, 0.4) is 0 Å². The number of carbonyl (C=O) groups is 2. The summed E-state index contributed by atoms with van der Waals surface area (Å²) in [6, 6.07) is 5.95. The van der Waals surface area contributed by atoms with E-state index in [4.69, 9.17) is 32.7 Å². The van der Waals surface area contributed by atoms with Crippen LogP contribution in [0.15, 0.2) is 12.1 Å². The van der Waals surface area contributed by atoms with Crippen LogP contribution in [0, 0.1) is 34.5 Å². The number of halogens is 2. The molecule has 0 aromatic heterocycles. The molecule has 0 saturated carbocycles. The number of esters is 2. The molecule has 26 heavy (non-hydrogen) atoms. The number of ether oxygens (including phenoxy) is 2. The Labute approximate surface area is 160 Å². The Kier molecular flexibility index (Phi) is 8.18. The highest BCUT2D eigenvalue weighted by Gasteiger charge is 2.43. The summed E-state index contributed by atoms with van der Waals surface area (Å²) in [5.74, 6) is -6.90. The molecule has 7 nitrogen and oxygen atoms in total. The van der Waals surface area contributed by atoms with Gasteiger partial charge in [0.15, 0.2) is 11.8 Å². The van der Waals surface area contributed by atoms with Crippen LogP contribution < -0.4 is 0 Å². The van der Waals surface area contributed by atoms with Gasteiger partial charge in [0.25, 0.3) is 0 Å². The minimum absolute atomic E-state index is 0.0113. The Morgan fingerprint density at radius 2 is 1.54 bits per heavy atom. The molecular formula is C17H16Cl2N2O5. The molecule has 0 fully saturated rings. The van der Waals surface area contributed by atoms with E-state index in [0.717, 1.165) is 0 Å². The molecule has 1 N–H and O–H groups in total. The third-order valence-electron chi connectivity index (χ3n) is 3.49. The molecule has 2 atom stereocenters. The first-order valence-corrected chi connectivity index (χ1v) is 8.38. The lowest BCUT2D eigenvalue weighted by atomic mass is 9.77. The molecule has 0 aliphatic heterocycles. The molecule has 138 valence electrons. The highest BCUT2D eigenvalue weighted by Crippen LogP contribution is 2.42. The van der Waals surface area contributed by atoms with Crippen LogP contribution in [-0.2, 0) is 19.1 Å². The Hall–Kier alpha value is -2.48. The van der Waals surface area contributed by atoms with Gasteiger partial charge in [0.2, 0.25) is 0 Å². The van der Waals surface area contributed by atoms with E-state index in [2.05, 4.69) is 0 Å². The number of aromatic hydroxyl groups is 1. The average Bonchev–Trinajstić information content (AvgIpc) is 2.58. The van der Waals surface area contributed by atoms with Gasteiger partial charge in [-0.15, -0.1) is 0 Å². The van der Waals surface area contributed by atoms with Gasteiger partial charge in [-0.05, 0) is 26.0 Å². The molecular weight excluding hydrogens is 383 g/mol. The van der Waals surface area contributed by atoms with Crippen molar-refractivity contribution in [2.45, 2.75) is 19.8 Å². The SMILES string of the molecule is CCOC(=O)[C@@H](C#N)C(c1cc(Cl)cc(Cl)c1O)[C@H](C#N)C(=O)OCC. The molecule has 0 bridgehead atoms. The maximum Gasteiger partial charge on any atom is 0.324 e. The predicted molar refractivity (Wildman–Crippen MR) is 92.3 cm³/mol. The first-order chi connectivity index (χ1) is 12.3. The summed E-state index contributed by atoms with van der Waals surface area (Å²) in [6.07, 6.45) is 0. The van der Waals surface area contributed by atoms with Crippen molar-refractivity contribution in [3.8, 4) is 17.9 Å². The standard InChI is InChI=1S/C17H16Cl2N2O5/c1-3-25-16(23)11(7-20)14(12(8-21)17(24)26-4-2)10-5-9(18)6-13(19)15(10)22/h5-6,11-12,14,22H,3-4H2,1-2H3/t11-,12-/m0/s1. The molecule has 1 aromatic rings. The van der Waals surface area contributed by atoms with Crippen LogP contribution in [0.25, 0.3) is 0 Å². The number of nitriles is 2. The van der Waals surface area contributed by atoms with Gasteiger partial charge in [-0.1, -0.05) is 23.2 Å². The van der Waals surface area contributed by atoms with E-state index in [9.17, 15) is 25.2 Å². The van der Waals surface area contributed by atoms with Gasteiger partial charge >= 0.3 is 11.9 Å². The minimum atomic E-state index is -1.57. The van der Waals surface area contributed by atoms with E-state index in [0.29, 0.717) is 0 Å². The normalized spacial score (nSPS) is 12.6. The average molecular weight is 399 g/mol. The van der Waals surface area contributed by atoms with E-state index in [1.807, 2.05) is 0 Å². The van der Waals surface area contributed by atoms with Crippen molar-refractivity contribution >= 4 is 35.1 Å². The lowest BCUT2D eigenvalue weighted by molar-refractivity contribution is -0.150. The van der Waals surface area contributed by atoms with Gasteiger partial charge in [-0.3, -0.25) is 9.59 Å². The van der Waals surface area contributed by atoms with Gasteiger partial charge in [0, 0.05) is 16.5 Å².